The van der Waals surface area contributed by atoms with Crippen molar-refractivity contribution in [3.63, 3.8) is 0 Å². The van der Waals surface area contributed by atoms with Gasteiger partial charge in [0.15, 0.2) is 5.65 Å². The standard InChI is InChI=1S/C17H13N3O2/c1-22-14-9-11-5-3-2-4-10(11)8-12(14)16-18-13-6-7-15(21)19-17(13)20-16/h2-9H,1H3,(H2,18,19,20,21). The van der Waals surface area contributed by atoms with Gasteiger partial charge in [-0.25, -0.2) is 4.98 Å². The van der Waals surface area contributed by atoms with Gasteiger partial charge in [0.1, 0.15) is 11.6 Å². The van der Waals surface area contributed by atoms with E-state index in [0.717, 1.165) is 27.6 Å². The van der Waals surface area contributed by atoms with Crippen LogP contribution in [0, 0.1) is 0 Å². The van der Waals surface area contributed by atoms with E-state index >= 15 is 0 Å². The monoisotopic (exact) mass is 291 g/mol. The van der Waals surface area contributed by atoms with Crippen molar-refractivity contribution >= 4 is 21.9 Å². The first-order valence-corrected chi connectivity index (χ1v) is 6.91. The van der Waals surface area contributed by atoms with Gasteiger partial charge < -0.3 is 14.7 Å². The summed E-state index contributed by atoms with van der Waals surface area (Å²) in [6.45, 7) is 0. The number of aromatic nitrogens is 3. The van der Waals surface area contributed by atoms with E-state index in [-0.39, 0.29) is 5.56 Å². The lowest BCUT2D eigenvalue weighted by Gasteiger charge is -2.08. The molecule has 2 aromatic heterocycles. The average Bonchev–Trinajstić information content (AvgIpc) is 2.96. The summed E-state index contributed by atoms with van der Waals surface area (Å²) in [5.74, 6) is 1.40. The highest BCUT2D eigenvalue weighted by Crippen LogP contribution is 2.33. The molecule has 4 rings (SSSR count). The highest BCUT2D eigenvalue weighted by molar-refractivity contribution is 5.90. The lowest BCUT2D eigenvalue weighted by atomic mass is 10.1. The van der Waals surface area contributed by atoms with E-state index < -0.39 is 0 Å². The number of imidazole rings is 1. The number of benzene rings is 2. The Hall–Kier alpha value is -3.08. The maximum Gasteiger partial charge on any atom is 0.249 e. The highest BCUT2D eigenvalue weighted by atomic mass is 16.5. The lowest BCUT2D eigenvalue weighted by molar-refractivity contribution is 0.417. The van der Waals surface area contributed by atoms with E-state index in [4.69, 9.17) is 4.74 Å². The summed E-state index contributed by atoms with van der Waals surface area (Å²) in [7, 11) is 1.64. The van der Waals surface area contributed by atoms with Crippen LogP contribution in [-0.4, -0.2) is 22.1 Å². The number of nitrogens with zero attached hydrogens (tertiary/aromatic N) is 1. The number of nitrogens with one attached hydrogen (secondary N) is 2. The molecule has 0 saturated heterocycles. The summed E-state index contributed by atoms with van der Waals surface area (Å²) in [5.41, 5.74) is 2.01. The van der Waals surface area contributed by atoms with Crippen LogP contribution in [0.1, 0.15) is 0 Å². The van der Waals surface area contributed by atoms with Crippen LogP contribution in [0.15, 0.2) is 53.3 Å². The third kappa shape index (κ3) is 1.95. The maximum atomic E-state index is 11.4. The molecule has 2 heterocycles. The summed E-state index contributed by atoms with van der Waals surface area (Å²) in [6, 6.07) is 15.3. The zero-order valence-corrected chi connectivity index (χ0v) is 11.9. The molecular formula is C17H13N3O2. The topological polar surface area (TPSA) is 70.8 Å². The molecule has 0 spiro atoms. The van der Waals surface area contributed by atoms with E-state index in [2.05, 4.69) is 15.0 Å². The highest BCUT2D eigenvalue weighted by Gasteiger charge is 2.12. The van der Waals surface area contributed by atoms with Gasteiger partial charge in [-0.15, -0.1) is 0 Å². The number of pyridine rings is 1. The molecule has 2 aromatic carbocycles. The Morgan fingerprint density at radius 3 is 2.55 bits per heavy atom. The molecule has 0 fully saturated rings. The zero-order chi connectivity index (χ0) is 15.1. The van der Waals surface area contributed by atoms with Crippen molar-refractivity contribution in [2.45, 2.75) is 0 Å². The lowest BCUT2D eigenvalue weighted by Crippen LogP contribution is -2.01. The second-order valence-electron chi connectivity index (χ2n) is 5.07. The Labute approximate surface area is 125 Å². The van der Waals surface area contributed by atoms with Crippen LogP contribution in [-0.2, 0) is 0 Å². The number of methoxy groups -OCH3 is 1. The average molecular weight is 291 g/mol. The first kappa shape index (κ1) is 12.6. The predicted molar refractivity (Wildman–Crippen MR) is 86.2 cm³/mol. The first-order valence-electron chi connectivity index (χ1n) is 6.91. The largest absolute Gasteiger partial charge is 0.496 e. The van der Waals surface area contributed by atoms with Crippen LogP contribution in [0.5, 0.6) is 5.75 Å². The summed E-state index contributed by atoms with van der Waals surface area (Å²) in [4.78, 5) is 21.8. The van der Waals surface area contributed by atoms with Crippen LogP contribution < -0.4 is 10.3 Å². The minimum absolute atomic E-state index is 0.170. The number of hydrogen-bond donors (Lipinski definition) is 2. The molecule has 0 saturated carbocycles. The van der Waals surface area contributed by atoms with E-state index in [9.17, 15) is 4.79 Å². The number of H-pyrrole nitrogens is 2. The Balaban J connectivity index is 1.99. The van der Waals surface area contributed by atoms with Gasteiger partial charge in [0.2, 0.25) is 5.56 Å². The van der Waals surface area contributed by atoms with Crippen molar-refractivity contribution in [3.8, 4) is 17.1 Å². The van der Waals surface area contributed by atoms with Crippen molar-refractivity contribution in [1.29, 1.82) is 0 Å². The third-order valence-corrected chi connectivity index (χ3v) is 3.70. The minimum atomic E-state index is -0.170. The summed E-state index contributed by atoms with van der Waals surface area (Å²) in [6.07, 6.45) is 0. The smallest absolute Gasteiger partial charge is 0.249 e. The summed E-state index contributed by atoms with van der Waals surface area (Å²) >= 11 is 0. The van der Waals surface area contributed by atoms with E-state index in [1.165, 1.54) is 6.07 Å². The molecule has 5 heteroatoms. The minimum Gasteiger partial charge on any atom is -0.496 e. The first-order chi connectivity index (χ1) is 10.7. The molecule has 0 unspecified atom stereocenters. The molecule has 5 nitrogen and oxygen atoms in total. The second-order valence-corrected chi connectivity index (χ2v) is 5.07. The van der Waals surface area contributed by atoms with E-state index in [1.807, 2.05) is 36.4 Å². The number of aromatic amines is 2. The number of ether oxygens (including phenoxy) is 1. The second kappa shape index (κ2) is 4.73. The van der Waals surface area contributed by atoms with E-state index in [0.29, 0.717) is 11.5 Å². The molecule has 108 valence electrons. The molecule has 2 N–H and O–H groups in total. The van der Waals surface area contributed by atoms with Crippen LogP contribution >= 0.6 is 0 Å². The fourth-order valence-corrected chi connectivity index (χ4v) is 2.62. The van der Waals surface area contributed by atoms with Gasteiger partial charge >= 0.3 is 0 Å². The number of hydrogen-bond acceptors (Lipinski definition) is 3. The SMILES string of the molecule is COc1cc2ccccc2cc1-c1nc2[nH]c(=O)ccc2[nH]1. The van der Waals surface area contributed by atoms with Gasteiger partial charge in [-0.2, -0.15) is 0 Å². The maximum absolute atomic E-state index is 11.4. The van der Waals surface area contributed by atoms with Crippen molar-refractivity contribution in [2.24, 2.45) is 0 Å². The van der Waals surface area contributed by atoms with Crippen LogP contribution in [0.2, 0.25) is 0 Å². The molecule has 4 aromatic rings. The predicted octanol–water partition coefficient (Wildman–Crippen LogP) is 3.08. The fraction of sp³-hybridized carbons (Fsp3) is 0.0588. The van der Waals surface area contributed by atoms with Crippen LogP contribution in [0.4, 0.5) is 0 Å². The zero-order valence-electron chi connectivity index (χ0n) is 11.9. The van der Waals surface area contributed by atoms with Gasteiger partial charge in [-0.3, -0.25) is 4.79 Å². The van der Waals surface area contributed by atoms with Gasteiger partial charge in [0.25, 0.3) is 0 Å². The molecule has 0 aliphatic heterocycles. The Bertz CT molecular complexity index is 1050. The van der Waals surface area contributed by atoms with Crippen molar-refractivity contribution < 1.29 is 4.74 Å². The quantitative estimate of drug-likeness (QED) is 0.596. The molecule has 0 bridgehead atoms. The van der Waals surface area contributed by atoms with E-state index in [1.54, 1.807) is 13.2 Å². The van der Waals surface area contributed by atoms with Gasteiger partial charge in [0.05, 0.1) is 18.2 Å². The molecule has 0 radical (unpaired) electrons. The Morgan fingerprint density at radius 2 is 1.77 bits per heavy atom. The Morgan fingerprint density at radius 1 is 1.00 bits per heavy atom. The normalized spacial score (nSPS) is 11.1. The molecular weight excluding hydrogens is 278 g/mol. The molecule has 0 amide bonds. The molecule has 0 aliphatic carbocycles. The Kier molecular flexibility index (Phi) is 2.72. The summed E-state index contributed by atoms with van der Waals surface area (Å²) < 4.78 is 5.50. The van der Waals surface area contributed by atoms with Crippen LogP contribution in [0.3, 0.4) is 0 Å². The fourth-order valence-electron chi connectivity index (χ4n) is 2.62. The van der Waals surface area contributed by atoms with Crippen molar-refractivity contribution in [1.82, 2.24) is 15.0 Å². The van der Waals surface area contributed by atoms with Gasteiger partial charge in [-0.05, 0) is 29.0 Å². The molecule has 0 aliphatic rings. The van der Waals surface area contributed by atoms with Gasteiger partial charge in [-0.1, -0.05) is 24.3 Å². The van der Waals surface area contributed by atoms with Crippen molar-refractivity contribution in [2.75, 3.05) is 7.11 Å². The molecule has 0 atom stereocenters. The third-order valence-electron chi connectivity index (χ3n) is 3.70. The van der Waals surface area contributed by atoms with Crippen molar-refractivity contribution in [3.05, 3.63) is 58.9 Å². The molecule has 22 heavy (non-hydrogen) atoms. The van der Waals surface area contributed by atoms with Crippen LogP contribution in [0.25, 0.3) is 33.3 Å². The number of rotatable bonds is 2. The summed E-state index contributed by atoms with van der Waals surface area (Å²) in [5, 5.41) is 2.21. The van der Waals surface area contributed by atoms with Gasteiger partial charge in [0, 0.05) is 6.07 Å². The number of fused-ring (bicyclic) bond motifs is 2.